The highest BCUT2D eigenvalue weighted by atomic mass is 32.2. The second-order valence-electron chi connectivity index (χ2n) is 5.25. The number of hydrogen-bond donors (Lipinski definition) is 2. The first-order valence-corrected chi connectivity index (χ1v) is 8.87. The number of rotatable bonds is 7. The van der Waals surface area contributed by atoms with Crippen molar-refractivity contribution in [2.45, 2.75) is 12.5 Å². The van der Waals surface area contributed by atoms with E-state index in [9.17, 15) is 4.79 Å². The first-order chi connectivity index (χ1) is 11.2. The summed E-state index contributed by atoms with van der Waals surface area (Å²) in [5, 5.41) is 6.38. The molecule has 2 N–H and O–H groups in total. The Balaban J connectivity index is 1.78. The minimum atomic E-state index is -0.0803. The quantitative estimate of drug-likeness (QED) is 0.745. The largest absolute Gasteiger partial charge is 0.493 e. The standard InChI is InChI=1S/C17H24N2O3S/c1-21-15-5-3-13(11-16(15)22-2)4-6-17(20)19-8-7-14-12-23-10-9-18-14/h3-6,11,14,18H,7-10,12H2,1-2H3,(H,19,20). The fourth-order valence-corrected chi connectivity index (χ4v) is 3.36. The fourth-order valence-electron chi connectivity index (χ4n) is 2.36. The van der Waals surface area contributed by atoms with Crippen LogP contribution < -0.4 is 20.1 Å². The first kappa shape index (κ1) is 17.7. The van der Waals surface area contributed by atoms with E-state index in [-0.39, 0.29) is 5.91 Å². The molecule has 1 atom stereocenters. The van der Waals surface area contributed by atoms with Crippen LogP contribution >= 0.6 is 11.8 Å². The Kier molecular flexibility index (Phi) is 7.29. The van der Waals surface area contributed by atoms with Gasteiger partial charge in [-0.2, -0.15) is 11.8 Å². The molecule has 23 heavy (non-hydrogen) atoms. The Hall–Kier alpha value is -1.66. The Labute approximate surface area is 141 Å². The fraction of sp³-hybridized carbons (Fsp3) is 0.471. The molecule has 5 nitrogen and oxygen atoms in total. The zero-order valence-electron chi connectivity index (χ0n) is 13.6. The van der Waals surface area contributed by atoms with Crippen molar-refractivity contribution in [2.24, 2.45) is 0 Å². The molecular weight excluding hydrogens is 312 g/mol. The van der Waals surface area contributed by atoms with E-state index in [0.717, 1.165) is 24.3 Å². The number of hydrogen-bond acceptors (Lipinski definition) is 5. The highest BCUT2D eigenvalue weighted by Gasteiger charge is 2.12. The molecule has 0 saturated carbocycles. The van der Waals surface area contributed by atoms with Gasteiger partial charge in [-0.05, 0) is 30.2 Å². The van der Waals surface area contributed by atoms with E-state index in [2.05, 4.69) is 10.6 Å². The van der Waals surface area contributed by atoms with E-state index < -0.39 is 0 Å². The normalized spacial score (nSPS) is 17.9. The number of thioether (sulfide) groups is 1. The number of nitrogens with one attached hydrogen (secondary N) is 2. The zero-order valence-corrected chi connectivity index (χ0v) is 14.4. The smallest absolute Gasteiger partial charge is 0.243 e. The van der Waals surface area contributed by atoms with Crippen LogP contribution in [0.3, 0.4) is 0 Å². The predicted molar refractivity (Wildman–Crippen MR) is 95.3 cm³/mol. The third-order valence-electron chi connectivity index (χ3n) is 3.63. The number of ether oxygens (including phenoxy) is 2. The Morgan fingerprint density at radius 3 is 2.91 bits per heavy atom. The molecule has 0 radical (unpaired) electrons. The van der Waals surface area contributed by atoms with Crippen LogP contribution in [0.15, 0.2) is 24.3 Å². The molecule has 0 spiro atoms. The van der Waals surface area contributed by atoms with Crippen molar-refractivity contribution < 1.29 is 14.3 Å². The molecule has 126 valence electrons. The minimum Gasteiger partial charge on any atom is -0.493 e. The van der Waals surface area contributed by atoms with Crippen molar-refractivity contribution in [3.8, 4) is 11.5 Å². The molecule has 2 rings (SSSR count). The van der Waals surface area contributed by atoms with Crippen LogP contribution in [-0.2, 0) is 4.79 Å². The summed E-state index contributed by atoms with van der Waals surface area (Å²) >= 11 is 1.96. The van der Waals surface area contributed by atoms with Crippen LogP contribution in [-0.4, -0.2) is 50.8 Å². The van der Waals surface area contributed by atoms with Crippen LogP contribution in [0.25, 0.3) is 6.08 Å². The maximum Gasteiger partial charge on any atom is 0.243 e. The molecule has 1 amide bonds. The third kappa shape index (κ3) is 5.80. The number of methoxy groups -OCH3 is 2. The number of benzene rings is 1. The lowest BCUT2D eigenvalue weighted by Crippen LogP contribution is -2.39. The lowest BCUT2D eigenvalue weighted by Gasteiger charge is -2.22. The van der Waals surface area contributed by atoms with Gasteiger partial charge >= 0.3 is 0 Å². The van der Waals surface area contributed by atoms with Crippen LogP contribution in [0.1, 0.15) is 12.0 Å². The lowest BCUT2D eigenvalue weighted by molar-refractivity contribution is -0.116. The zero-order chi connectivity index (χ0) is 16.5. The van der Waals surface area contributed by atoms with E-state index in [1.807, 2.05) is 30.0 Å². The van der Waals surface area contributed by atoms with Gasteiger partial charge in [-0.15, -0.1) is 0 Å². The van der Waals surface area contributed by atoms with Crippen molar-refractivity contribution in [1.29, 1.82) is 0 Å². The Morgan fingerprint density at radius 2 is 2.22 bits per heavy atom. The minimum absolute atomic E-state index is 0.0803. The van der Waals surface area contributed by atoms with Crippen LogP contribution in [0.4, 0.5) is 0 Å². The lowest BCUT2D eigenvalue weighted by atomic mass is 10.2. The van der Waals surface area contributed by atoms with Gasteiger partial charge in [-0.3, -0.25) is 4.79 Å². The molecule has 1 aromatic carbocycles. The van der Waals surface area contributed by atoms with Gasteiger partial charge in [-0.25, -0.2) is 0 Å². The van der Waals surface area contributed by atoms with E-state index in [1.54, 1.807) is 26.4 Å². The highest BCUT2D eigenvalue weighted by molar-refractivity contribution is 7.99. The molecule has 0 aliphatic carbocycles. The second-order valence-corrected chi connectivity index (χ2v) is 6.40. The molecule has 1 aliphatic rings. The summed E-state index contributed by atoms with van der Waals surface area (Å²) in [6.07, 6.45) is 4.28. The first-order valence-electron chi connectivity index (χ1n) is 7.72. The molecule has 1 aliphatic heterocycles. The topological polar surface area (TPSA) is 59.6 Å². The van der Waals surface area contributed by atoms with Gasteiger partial charge in [0.1, 0.15) is 0 Å². The van der Waals surface area contributed by atoms with Crippen molar-refractivity contribution in [1.82, 2.24) is 10.6 Å². The van der Waals surface area contributed by atoms with Crippen molar-refractivity contribution >= 4 is 23.7 Å². The SMILES string of the molecule is COc1ccc(C=CC(=O)NCCC2CSCCN2)cc1OC. The highest BCUT2D eigenvalue weighted by Crippen LogP contribution is 2.27. The molecule has 1 fully saturated rings. The van der Waals surface area contributed by atoms with Crippen LogP contribution in [0.2, 0.25) is 0 Å². The Morgan fingerprint density at radius 1 is 1.39 bits per heavy atom. The molecule has 6 heteroatoms. The summed E-state index contributed by atoms with van der Waals surface area (Å²) in [6.45, 7) is 1.75. The summed E-state index contributed by atoms with van der Waals surface area (Å²) in [5.41, 5.74) is 0.892. The van der Waals surface area contributed by atoms with Crippen molar-refractivity contribution in [3.63, 3.8) is 0 Å². The molecular formula is C17H24N2O3S. The van der Waals surface area contributed by atoms with Gasteiger partial charge in [0.2, 0.25) is 5.91 Å². The molecule has 1 unspecified atom stereocenters. The van der Waals surface area contributed by atoms with E-state index in [4.69, 9.17) is 9.47 Å². The maximum atomic E-state index is 11.9. The Bertz CT molecular complexity index is 543. The number of carbonyl (C=O) groups is 1. The van der Waals surface area contributed by atoms with E-state index in [1.165, 1.54) is 5.75 Å². The molecule has 0 bridgehead atoms. The van der Waals surface area contributed by atoms with Gasteiger partial charge in [-0.1, -0.05) is 6.07 Å². The van der Waals surface area contributed by atoms with Crippen LogP contribution in [0, 0.1) is 0 Å². The molecule has 1 aromatic rings. The second kappa shape index (κ2) is 9.47. The van der Waals surface area contributed by atoms with E-state index >= 15 is 0 Å². The molecule has 1 saturated heterocycles. The number of carbonyl (C=O) groups excluding carboxylic acids is 1. The summed E-state index contributed by atoms with van der Waals surface area (Å²) < 4.78 is 10.4. The predicted octanol–water partition coefficient (Wildman–Crippen LogP) is 1.93. The summed E-state index contributed by atoms with van der Waals surface area (Å²) in [4.78, 5) is 11.9. The molecule has 0 aromatic heterocycles. The van der Waals surface area contributed by atoms with Gasteiger partial charge in [0.15, 0.2) is 11.5 Å². The third-order valence-corrected chi connectivity index (χ3v) is 4.76. The average Bonchev–Trinajstić information content (AvgIpc) is 2.60. The summed E-state index contributed by atoms with van der Waals surface area (Å²) in [6, 6.07) is 6.05. The van der Waals surface area contributed by atoms with Gasteiger partial charge < -0.3 is 20.1 Å². The van der Waals surface area contributed by atoms with Crippen molar-refractivity contribution in [3.05, 3.63) is 29.8 Å². The number of amides is 1. The van der Waals surface area contributed by atoms with E-state index in [0.29, 0.717) is 24.1 Å². The van der Waals surface area contributed by atoms with Gasteiger partial charge in [0.05, 0.1) is 14.2 Å². The maximum absolute atomic E-state index is 11.9. The average molecular weight is 336 g/mol. The monoisotopic (exact) mass is 336 g/mol. The van der Waals surface area contributed by atoms with Crippen LogP contribution in [0.5, 0.6) is 11.5 Å². The van der Waals surface area contributed by atoms with Gasteiger partial charge in [0, 0.05) is 36.7 Å². The molecule has 1 heterocycles. The summed E-state index contributed by atoms with van der Waals surface area (Å²) in [7, 11) is 3.19. The van der Waals surface area contributed by atoms with Crippen molar-refractivity contribution in [2.75, 3.05) is 38.8 Å². The summed E-state index contributed by atoms with van der Waals surface area (Å²) in [5.74, 6) is 3.54. The van der Waals surface area contributed by atoms with Gasteiger partial charge in [0.25, 0.3) is 0 Å².